The van der Waals surface area contributed by atoms with Crippen molar-refractivity contribution in [2.24, 2.45) is 0 Å². The first-order chi connectivity index (χ1) is 5.43. The molecule has 1 atom stereocenters. The number of rotatable bonds is 4. The molecular weight excluding hydrogens is 158 g/mol. The Morgan fingerprint density at radius 1 is 1.42 bits per heavy atom. The minimum atomic E-state index is -1.17. The van der Waals surface area contributed by atoms with Crippen LogP contribution in [0.3, 0.4) is 0 Å². The maximum absolute atomic E-state index is 10.6. The molecule has 0 heterocycles. The van der Waals surface area contributed by atoms with Crippen LogP contribution < -0.4 is 10.1 Å². The van der Waals surface area contributed by atoms with E-state index < -0.39 is 12.0 Å². The van der Waals surface area contributed by atoms with Crippen LogP contribution in [0.5, 0.6) is 0 Å². The third-order valence-corrected chi connectivity index (χ3v) is 1.33. The van der Waals surface area contributed by atoms with E-state index in [2.05, 4.69) is 4.99 Å². The molecule has 0 saturated carbocycles. The Morgan fingerprint density at radius 3 is 2.25 bits per heavy atom. The number of Topliss-reactive ketones (excluding diaryl/α,β-unsaturated/α-hetero) is 1. The number of hydrogen-bond acceptors (Lipinski definition) is 3. The Labute approximate surface area is 71.3 Å². The zero-order valence-corrected chi connectivity index (χ0v) is 7.51. The molecule has 0 fully saturated rings. The van der Waals surface area contributed by atoms with E-state index in [1.807, 2.05) is 0 Å². The summed E-state index contributed by atoms with van der Waals surface area (Å²) in [5.41, 5.74) is 0.652. The number of ketones is 1. The molecule has 0 aliphatic carbocycles. The molecule has 68 valence electrons. The van der Waals surface area contributed by atoms with Crippen LogP contribution in [-0.2, 0) is 9.59 Å². The summed E-state index contributed by atoms with van der Waals surface area (Å²) >= 11 is 0. The molecule has 0 aromatic carbocycles. The average molecular weight is 171 g/mol. The van der Waals surface area contributed by atoms with Crippen molar-refractivity contribution < 1.29 is 19.7 Å². The van der Waals surface area contributed by atoms with Crippen molar-refractivity contribution in [2.75, 3.05) is 0 Å². The van der Waals surface area contributed by atoms with Crippen molar-refractivity contribution in [3.63, 3.8) is 0 Å². The molecule has 0 radical (unpaired) electrons. The molecule has 0 aromatic heterocycles. The number of aliphatic carboxylic acids is 1. The average Bonchev–Trinajstić information content (AvgIpc) is 1.84. The van der Waals surface area contributed by atoms with Gasteiger partial charge in [0.25, 0.3) is 0 Å². The minimum absolute atomic E-state index is 0.00514. The van der Waals surface area contributed by atoms with Gasteiger partial charge in [0.1, 0.15) is 11.8 Å². The van der Waals surface area contributed by atoms with Crippen molar-refractivity contribution in [1.29, 1.82) is 0 Å². The number of nitrogens with one attached hydrogen (secondary N) is 1. The van der Waals surface area contributed by atoms with Gasteiger partial charge in [0.2, 0.25) is 0 Å². The predicted molar refractivity (Wildman–Crippen MR) is 41.4 cm³/mol. The zero-order valence-electron chi connectivity index (χ0n) is 7.51. The smallest absolute Gasteiger partial charge is 0.187 e. The topological polar surface area (TPSA) is 71.2 Å². The first-order valence-electron chi connectivity index (χ1n) is 3.72. The Morgan fingerprint density at radius 2 is 1.92 bits per heavy atom. The molecule has 0 rings (SSSR count). The second kappa shape index (κ2) is 4.64. The first-order valence-corrected chi connectivity index (χ1v) is 3.72. The summed E-state index contributed by atoms with van der Waals surface area (Å²) in [6.07, 6.45) is 0.262. The third kappa shape index (κ3) is 4.60. The Hall–Kier alpha value is -1.19. The lowest BCUT2D eigenvalue weighted by atomic mass is 10.2. The largest absolute Gasteiger partial charge is 0.543 e. The van der Waals surface area contributed by atoms with Crippen LogP contribution in [0.25, 0.3) is 0 Å². The molecule has 4 nitrogen and oxygen atoms in total. The highest BCUT2D eigenvalue weighted by Crippen LogP contribution is 1.79. The summed E-state index contributed by atoms with van der Waals surface area (Å²) in [5.74, 6) is -1.16. The lowest BCUT2D eigenvalue weighted by molar-refractivity contribution is -0.503. The highest BCUT2D eigenvalue weighted by molar-refractivity contribution is 5.97. The number of carbonyl (C=O) groups is 2. The fourth-order valence-electron chi connectivity index (χ4n) is 0.853. The van der Waals surface area contributed by atoms with Crippen LogP contribution in [-0.4, -0.2) is 23.5 Å². The quantitative estimate of drug-likeness (QED) is 0.481. The van der Waals surface area contributed by atoms with E-state index >= 15 is 0 Å². The van der Waals surface area contributed by atoms with Crippen molar-refractivity contribution in [3.8, 4) is 0 Å². The van der Waals surface area contributed by atoms with Gasteiger partial charge >= 0.3 is 0 Å². The highest BCUT2D eigenvalue weighted by atomic mass is 16.4. The molecule has 4 heteroatoms. The molecular formula is C8H13NO3. The standard InChI is InChI=1S/C8H13NO3/c1-5(4-6(2)10)9-7(3)8(11)12/h7H,4H2,1-3H3,(H,11,12)/t7-/m0/s1. The summed E-state index contributed by atoms with van der Waals surface area (Å²) in [6, 6.07) is -0.746. The predicted octanol–water partition coefficient (Wildman–Crippen LogP) is -2.35. The number of carboxylic acid groups (broad SMARTS) is 1. The second-order valence-corrected chi connectivity index (χ2v) is 2.84. The van der Waals surface area contributed by atoms with E-state index in [1.165, 1.54) is 13.8 Å². The van der Waals surface area contributed by atoms with Crippen molar-refractivity contribution in [2.45, 2.75) is 33.2 Å². The van der Waals surface area contributed by atoms with Gasteiger partial charge in [0.05, 0.1) is 6.42 Å². The SMILES string of the molecule is CC(=O)CC(C)=[NH+][C@@H](C)C(=O)[O-]. The molecule has 0 unspecified atom stereocenters. The van der Waals surface area contributed by atoms with Crippen molar-refractivity contribution in [3.05, 3.63) is 0 Å². The molecule has 0 bridgehead atoms. The second-order valence-electron chi connectivity index (χ2n) is 2.84. The summed E-state index contributed by atoms with van der Waals surface area (Å²) in [6.45, 7) is 4.61. The van der Waals surface area contributed by atoms with Crippen LogP contribution >= 0.6 is 0 Å². The fraction of sp³-hybridized carbons (Fsp3) is 0.625. The van der Waals surface area contributed by atoms with Gasteiger partial charge < -0.3 is 9.90 Å². The Balaban J connectivity index is 4.15. The van der Waals surface area contributed by atoms with Crippen LogP contribution in [0, 0.1) is 0 Å². The fourth-order valence-corrected chi connectivity index (χ4v) is 0.853. The molecule has 1 N–H and O–H groups in total. The lowest BCUT2D eigenvalue weighted by Gasteiger charge is -2.01. The van der Waals surface area contributed by atoms with E-state index in [0.717, 1.165) is 0 Å². The van der Waals surface area contributed by atoms with Gasteiger partial charge in [-0.15, -0.1) is 0 Å². The van der Waals surface area contributed by atoms with Gasteiger partial charge in [-0.2, -0.15) is 0 Å². The van der Waals surface area contributed by atoms with Crippen LogP contribution in [0.2, 0.25) is 0 Å². The zero-order chi connectivity index (χ0) is 9.72. The van der Waals surface area contributed by atoms with E-state index in [1.54, 1.807) is 6.92 Å². The molecule has 0 aliphatic heterocycles. The summed E-state index contributed by atoms with van der Waals surface area (Å²) in [7, 11) is 0. The van der Waals surface area contributed by atoms with E-state index in [-0.39, 0.29) is 12.2 Å². The van der Waals surface area contributed by atoms with E-state index in [0.29, 0.717) is 5.71 Å². The highest BCUT2D eigenvalue weighted by Gasteiger charge is 2.08. The van der Waals surface area contributed by atoms with Gasteiger partial charge in [-0.3, -0.25) is 4.79 Å². The molecule has 12 heavy (non-hydrogen) atoms. The van der Waals surface area contributed by atoms with Crippen LogP contribution in [0.4, 0.5) is 0 Å². The van der Waals surface area contributed by atoms with Gasteiger partial charge in [0, 0.05) is 13.8 Å². The molecule has 0 aromatic rings. The summed E-state index contributed by atoms with van der Waals surface area (Å²) in [4.78, 5) is 23.5. The molecule has 0 amide bonds. The number of carboxylic acids is 1. The minimum Gasteiger partial charge on any atom is -0.543 e. The molecule has 0 spiro atoms. The maximum Gasteiger partial charge on any atom is 0.187 e. The maximum atomic E-state index is 10.6. The number of hydrogen-bond donors (Lipinski definition) is 1. The van der Waals surface area contributed by atoms with E-state index in [4.69, 9.17) is 0 Å². The first kappa shape index (κ1) is 10.8. The Kier molecular flexibility index (Phi) is 4.18. The Bertz CT molecular complexity index is 220. The summed E-state index contributed by atoms with van der Waals surface area (Å²) in [5, 5.41) is 10.2. The third-order valence-electron chi connectivity index (χ3n) is 1.33. The van der Waals surface area contributed by atoms with E-state index in [9.17, 15) is 14.7 Å². The normalized spacial score (nSPS) is 14.1. The molecule has 0 saturated heterocycles. The van der Waals surface area contributed by atoms with Gasteiger partial charge in [-0.25, -0.2) is 4.99 Å². The van der Waals surface area contributed by atoms with Crippen molar-refractivity contribution >= 4 is 17.5 Å². The lowest BCUT2D eigenvalue weighted by Crippen LogP contribution is -2.82. The van der Waals surface area contributed by atoms with Crippen molar-refractivity contribution in [1.82, 2.24) is 0 Å². The van der Waals surface area contributed by atoms with Crippen LogP contribution in [0.15, 0.2) is 0 Å². The molecule has 0 aliphatic rings. The summed E-state index contributed by atoms with van der Waals surface area (Å²) < 4.78 is 0. The number of carbonyl (C=O) groups excluding carboxylic acids is 2. The van der Waals surface area contributed by atoms with Gasteiger partial charge in [-0.05, 0) is 6.92 Å². The van der Waals surface area contributed by atoms with Crippen LogP contribution in [0.1, 0.15) is 27.2 Å². The van der Waals surface area contributed by atoms with Gasteiger partial charge in [0.15, 0.2) is 11.8 Å². The van der Waals surface area contributed by atoms with Gasteiger partial charge in [-0.1, -0.05) is 0 Å². The monoisotopic (exact) mass is 171 g/mol.